The van der Waals surface area contributed by atoms with Gasteiger partial charge in [-0.3, -0.25) is 4.79 Å². The summed E-state index contributed by atoms with van der Waals surface area (Å²) in [5.74, 6) is 0.930. The maximum absolute atomic E-state index is 11.8. The number of nitrogen functional groups attached to an aromatic ring is 1. The molecule has 19 heavy (non-hydrogen) atoms. The van der Waals surface area contributed by atoms with Crippen LogP contribution in [-0.4, -0.2) is 5.91 Å². The third-order valence-corrected chi connectivity index (χ3v) is 3.95. The number of hydrogen-bond donors (Lipinski definition) is 2. The molecule has 3 N–H and O–H groups in total. The molecule has 1 aromatic carbocycles. The van der Waals surface area contributed by atoms with E-state index in [1.54, 1.807) is 0 Å². The molecule has 1 aliphatic carbocycles. The molecule has 1 amide bonds. The second-order valence-electron chi connectivity index (χ2n) is 5.56. The molecular formula is C16H24N2O. The minimum absolute atomic E-state index is 0.160. The second-order valence-corrected chi connectivity index (χ2v) is 5.56. The van der Waals surface area contributed by atoms with Gasteiger partial charge in [0, 0.05) is 18.7 Å². The first kappa shape index (κ1) is 13.9. The molecule has 0 heterocycles. The van der Waals surface area contributed by atoms with E-state index in [4.69, 9.17) is 5.73 Å². The summed E-state index contributed by atoms with van der Waals surface area (Å²) < 4.78 is 0. The number of amides is 1. The molecule has 0 bridgehead atoms. The lowest BCUT2D eigenvalue weighted by Gasteiger charge is -2.21. The van der Waals surface area contributed by atoms with Crippen LogP contribution in [0, 0.1) is 5.92 Å². The first-order valence-corrected chi connectivity index (χ1v) is 7.35. The topological polar surface area (TPSA) is 55.1 Å². The molecular weight excluding hydrogens is 236 g/mol. The van der Waals surface area contributed by atoms with E-state index in [9.17, 15) is 4.79 Å². The van der Waals surface area contributed by atoms with Gasteiger partial charge in [0.2, 0.25) is 5.91 Å². The van der Waals surface area contributed by atoms with E-state index in [0.29, 0.717) is 13.0 Å². The monoisotopic (exact) mass is 260 g/mol. The van der Waals surface area contributed by atoms with Crippen LogP contribution in [0.25, 0.3) is 0 Å². The Morgan fingerprint density at radius 1 is 1.26 bits per heavy atom. The van der Waals surface area contributed by atoms with Gasteiger partial charge in [0.05, 0.1) is 0 Å². The largest absolute Gasteiger partial charge is 0.399 e. The second kappa shape index (κ2) is 7.17. The highest BCUT2D eigenvalue weighted by molar-refractivity contribution is 5.75. The van der Waals surface area contributed by atoms with Gasteiger partial charge in [-0.05, 0) is 30.0 Å². The summed E-state index contributed by atoms with van der Waals surface area (Å²) in [4.78, 5) is 11.8. The van der Waals surface area contributed by atoms with Crippen LogP contribution in [-0.2, 0) is 11.3 Å². The van der Waals surface area contributed by atoms with Crippen LogP contribution < -0.4 is 11.1 Å². The first-order valence-electron chi connectivity index (χ1n) is 7.35. The SMILES string of the molecule is Nc1cccc(CNC(=O)CCC2CCCCC2)c1. The molecule has 104 valence electrons. The Bertz CT molecular complexity index is 411. The lowest BCUT2D eigenvalue weighted by Crippen LogP contribution is -2.23. The van der Waals surface area contributed by atoms with Gasteiger partial charge in [-0.1, -0.05) is 44.2 Å². The highest BCUT2D eigenvalue weighted by Crippen LogP contribution is 2.27. The zero-order chi connectivity index (χ0) is 13.5. The van der Waals surface area contributed by atoms with Gasteiger partial charge >= 0.3 is 0 Å². The summed E-state index contributed by atoms with van der Waals surface area (Å²) in [5.41, 5.74) is 7.51. The number of rotatable bonds is 5. The van der Waals surface area contributed by atoms with Crippen molar-refractivity contribution < 1.29 is 4.79 Å². The van der Waals surface area contributed by atoms with Gasteiger partial charge < -0.3 is 11.1 Å². The van der Waals surface area contributed by atoms with Gasteiger partial charge in [-0.25, -0.2) is 0 Å². The predicted octanol–water partition coefficient (Wildman–Crippen LogP) is 3.25. The number of nitrogens with one attached hydrogen (secondary N) is 1. The van der Waals surface area contributed by atoms with E-state index in [1.165, 1.54) is 32.1 Å². The quantitative estimate of drug-likeness (QED) is 0.798. The lowest BCUT2D eigenvalue weighted by molar-refractivity contribution is -0.121. The molecule has 0 atom stereocenters. The molecule has 2 rings (SSSR count). The van der Waals surface area contributed by atoms with Gasteiger partial charge in [-0.2, -0.15) is 0 Å². The van der Waals surface area contributed by atoms with Crippen molar-refractivity contribution in [3.05, 3.63) is 29.8 Å². The Labute approximate surface area is 115 Å². The van der Waals surface area contributed by atoms with Gasteiger partial charge in [-0.15, -0.1) is 0 Å². The van der Waals surface area contributed by atoms with E-state index in [0.717, 1.165) is 23.6 Å². The number of benzene rings is 1. The van der Waals surface area contributed by atoms with Gasteiger partial charge in [0.1, 0.15) is 0 Å². The Morgan fingerprint density at radius 2 is 2.05 bits per heavy atom. The molecule has 0 spiro atoms. The Hall–Kier alpha value is -1.51. The summed E-state index contributed by atoms with van der Waals surface area (Å²) in [6.07, 6.45) is 8.38. The number of nitrogens with two attached hydrogens (primary N) is 1. The average molecular weight is 260 g/mol. The van der Waals surface area contributed by atoms with E-state index < -0.39 is 0 Å². The van der Waals surface area contributed by atoms with Crippen LogP contribution in [0.5, 0.6) is 0 Å². The Balaban J connectivity index is 1.66. The van der Waals surface area contributed by atoms with Crippen LogP contribution in [0.3, 0.4) is 0 Å². The first-order chi connectivity index (χ1) is 9.24. The molecule has 3 heteroatoms. The van der Waals surface area contributed by atoms with E-state index in [1.807, 2.05) is 24.3 Å². The van der Waals surface area contributed by atoms with E-state index in [-0.39, 0.29) is 5.91 Å². The van der Waals surface area contributed by atoms with Crippen molar-refractivity contribution in [2.75, 3.05) is 5.73 Å². The standard InChI is InChI=1S/C16H24N2O/c17-15-8-4-7-14(11-15)12-18-16(19)10-9-13-5-2-1-3-6-13/h4,7-8,11,13H,1-3,5-6,9-10,12,17H2,(H,18,19). The molecule has 1 saturated carbocycles. The zero-order valence-electron chi connectivity index (χ0n) is 11.5. The van der Waals surface area contributed by atoms with Crippen LogP contribution in [0.2, 0.25) is 0 Å². The normalized spacial score (nSPS) is 16.2. The van der Waals surface area contributed by atoms with Crippen LogP contribution in [0.1, 0.15) is 50.5 Å². The average Bonchev–Trinajstić information content (AvgIpc) is 2.44. The minimum Gasteiger partial charge on any atom is -0.399 e. The fraction of sp³-hybridized carbons (Fsp3) is 0.562. The summed E-state index contributed by atoms with van der Waals surface area (Å²) >= 11 is 0. The van der Waals surface area contributed by atoms with Crippen molar-refractivity contribution in [3.8, 4) is 0 Å². The zero-order valence-corrected chi connectivity index (χ0v) is 11.5. The highest BCUT2D eigenvalue weighted by Gasteiger charge is 2.14. The predicted molar refractivity (Wildman–Crippen MR) is 78.5 cm³/mol. The van der Waals surface area contributed by atoms with Crippen LogP contribution in [0.15, 0.2) is 24.3 Å². The summed E-state index contributed by atoms with van der Waals surface area (Å²) in [6.45, 7) is 0.578. The number of carbonyl (C=O) groups excluding carboxylic acids is 1. The Kier molecular flexibility index (Phi) is 5.25. The smallest absolute Gasteiger partial charge is 0.220 e. The van der Waals surface area contributed by atoms with Gasteiger partial charge in [0.15, 0.2) is 0 Å². The van der Waals surface area contributed by atoms with Crippen molar-refractivity contribution >= 4 is 11.6 Å². The molecule has 0 radical (unpaired) electrons. The van der Waals surface area contributed by atoms with Crippen LogP contribution in [0.4, 0.5) is 5.69 Å². The molecule has 0 aromatic heterocycles. The Morgan fingerprint density at radius 3 is 2.79 bits per heavy atom. The van der Waals surface area contributed by atoms with E-state index in [2.05, 4.69) is 5.32 Å². The number of anilines is 1. The molecule has 1 fully saturated rings. The van der Waals surface area contributed by atoms with Crippen molar-refractivity contribution in [2.24, 2.45) is 5.92 Å². The van der Waals surface area contributed by atoms with Crippen molar-refractivity contribution in [1.82, 2.24) is 5.32 Å². The molecule has 0 unspecified atom stereocenters. The molecule has 1 aliphatic rings. The third kappa shape index (κ3) is 4.93. The number of hydrogen-bond acceptors (Lipinski definition) is 2. The molecule has 0 aliphatic heterocycles. The van der Waals surface area contributed by atoms with Crippen molar-refractivity contribution in [3.63, 3.8) is 0 Å². The summed E-state index contributed by atoms with van der Waals surface area (Å²) in [7, 11) is 0. The summed E-state index contributed by atoms with van der Waals surface area (Å²) in [6, 6.07) is 7.66. The fourth-order valence-electron chi connectivity index (χ4n) is 2.80. The maximum Gasteiger partial charge on any atom is 0.220 e. The molecule has 3 nitrogen and oxygen atoms in total. The highest BCUT2D eigenvalue weighted by atomic mass is 16.1. The van der Waals surface area contributed by atoms with Crippen molar-refractivity contribution in [1.29, 1.82) is 0 Å². The fourth-order valence-corrected chi connectivity index (χ4v) is 2.80. The number of carbonyl (C=O) groups is 1. The van der Waals surface area contributed by atoms with Crippen LogP contribution >= 0.6 is 0 Å². The third-order valence-electron chi connectivity index (χ3n) is 3.95. The maximum atomic E-state index is 11.8. The summed E-state index contributed by atoms with van der Waals surface area (Å²) in [5, 5.41) is 2.97. The molecule has 0 saturated heterocycles. The van der Waals surface area contributed by atoms with E-state index >= 15 is 0 Å². The van der Waals surface area contributed by atoms with Gasteiger partial charge in [0.25, 0.3) is 0 Å². The lowest BCUT2D eigenvalue weighted by atomic mass is 9.86. The van der Waals surface area contributed by atoms with Crippen molar-refractivity contribution in [2.45, 2.75) is 51.5 Å². The minimum atomic E-state index is 0.160. The molecule has 1 aromatic rings.